The Bertz CT molecular complexity index is 550. The molecule has 0 rings (SSSR count). The average molecular weight is 517 g/mol. The molecule has 0 aromatic carbocycles. The standard InChI is InChI=1S/C27H56O5Si2/c1-8-10-12-14-16-18-20-22-24(26(28)29)34(7,32-33(4,5)6)25(27(30)31-3)23-21-19-17-15-13-11-9-2/h24-25H,8-23H2,1-7H3,(H,28,29). The van der Waals surface area contributed by atoms with Crippen molar-refractivity contribution in [3.63, 3.8) is 0 Å². The quantitative estimate of drug-likeness (QED) is 0.0884. The van der Waals surface area contributed by atoms with E-state index < -0.39 is 33.7 Å². The maximum absolute atomic E-state index is 13.0. The Kier molecular flexibility index (Phi) is 18.2. The van der Waals surface area contributed by atoms with Gasteiger partial charge in [0.1, 0.15) is 0 Å². The van der Waals surface area contributed by atoms with E-state index in [1.165, 1.54) is 64.9 Å². The first kappa shape index (κ1) is 33.3. The number of carboxylic acid groups (broad SMARTS) is 1. The summed E-state index contributed by atoms with van der Waals surface area (Å²) in [5, 5.41) is 10.3. The molecule has 0 radical (unpaired) electrons. The van der Waals surface area contributed by atoms with Crippen molar-refractivity contribution in [2.75, 3.05) is 7.11 Å². The summed E-state index contributed by atoms with van der Waals surface area (Å²) in [4.78, 5) is 25.6. The average Bonchev–Trinajstić information content (AvgIpc) is 2.75. The highest BCUT2D eigenvalue weighted by Gasteiger charge is 2.53. The topological polar surface area (TPSA) is 72.8 Å². The van der Waals surface area contributed by atoms with Crippen LogP contribution in [0, 0.1) is 0 Å². The lowest BCUT2D eigenvalue weighted by Gasteiger charge is -2.42. The minimum atomic E-state index is -2.97. The molecule has 0 saturated heterocycles. The van der Waals surface area contributed by atoms with Gasteiger partial charge in [0.2, 0.25) is 8.32 Å². The predicted octanol–water partition coefficient (Wildman–Crippen LogP) is 8.69. The van der Waals surface area contributed by atoms with Crippen molar-refractivity contribution < 1.29 is 23.5 Å². The third-order valence-electron chi connectivity index (χ3n) is 6.89. The van der Waals surface area contributed by atoms with Crippen LogP contribution in [-0.2, 0) is 18.4 Å². The summed E-state index contributed by atoms with van der Waals surface area (Å²) < 4.78 is 12.0. The van der Waals surface area contributed by atoms with Crippen LogP contribution in [0.5, 0.6) is 0 Å². The Balaban J connectivity index is 5.41. The number of methoxy groups -OCH3 is 1. The molecule has 34 heavy (non-hydrogen) atoms. The summed E-state index contributed by atoms with van der Waals surface area (Å²) in [5.74, 6) is -1.07. The predicted molar refractivity (Wildman–Crippen MR) is 148 cm³/mol. The zero-order valence-electron chi connectivity index (χ0n) is 23.5. The molecule has 0 aromatic rings. The molecule has 5 nitrogen and oxygen atoms in total. The van der Waals surface area contributed by atoms with Gasteiger partial charge in [0.25, 0.3) is 0 Å². The zero-order valence-corrected chi connectivity index (χ0v) is 25.5. The van der Waals surface area contributed by atoms with Gasteiger partial charge in [-0.3, -0.25) is 9.59 Å². The number of carbonyl (C=O) groups excluding carboxylic acids is 1. The van der Waals surface area contributed by atoms with E-state index in [4.69, 9.17) is 8.85 Å². The molecule has 1 N–H and O–H groups in total. The summed E-state index contributed by atoms with van der Waals surface area (Å²) in [6.45, 7) is 12.8. The molecule has 3 unspecified atom stereocenters. The van der Waals surface area contributed by atoms with Crippen molar-refractivity contribution in [3.8, 4) is 0 Å². The van der Waals surface area contributed by atoms with Gasteiger partial charge in [0.05, 0.1) is 18.2 Å². The van der Waals surface area contributed by atoms with Crippen molar-refractivity contribution in [3.05, 3.63) is 0 Å². The van der Waals surface area contributed by atoms with Gasteiger partial charge in [-0.15, -0.1) is 0 Å². The summed E-state index contributed by atoms with van der Waals surface area (Å²) in [6.07, 6.45) is 17.5. The van der Waals surface area contributed by atoms with Crippen LogP contribution < -0.4 is 0 Å². The summed E-state index contributed by atoms with van der Waals surface area (Å²) in [6, 6.07) is 0. The lowest BCUT2D eigenvalue weighted by atomic mass is 10.1. The van der Waals surface area contributed by atoms with Crippen molar-refractivity contribution in [1.82, 2.24) is 0 Å². The van der Waals surface area contributed by atoms with Crippen LogP contribution in [-0.4, -0.2) is 40.8 Å². The number of rotatable bonds is 22. The molecule has 0 aliphatic heterocycles. The molecule has 0 fully saturated rings. The fourth-order valence-corrected chi connectivity index (χ4v) is 14.6. The van der Waals surface area contributed by atoms with Gasteiger partial charge in [0.15, 0.2) is 8.32 Å². The molecule has 0 aliphatic rings. The van der Waals surface area contributed by atoms with Crippen LogP contribution in [0.25, 0.3) is 0 Å². The molecule has 7 heteroatoms. The third-order valence-corrected chi connectivity index (χ3v) is 14.9. The Hall–Kier alpha value is -0.666. The van der Waals surface area contributed by atoms with Crippen molar-refractivity contribution in [1.29, 1.82) is 0 Å². The number of aliphatic carboxylic acids is 1. The molecular formula is C27H56O5Si2. The Morgan fingerprint density at radius 1 is 0.676 bits per heavy atom. The first-order valence-corrected chi connectivity index (χ1v) is 20.0. The van der Waals surface area contributed by atoms with E-state index in [0.29, 0.717) is 12.8 Å². The number of ether oxygens (including phenoxy) is 1. The fourth-order valence-electron chi connectivity index (χ4n) is 5.09. The van der Waals surface area contributed by atoms with Crippen molar-refractivity contribution in [2.45, 2.75) is 154 Å². The van der Waals surface area contributed by atoms with Crippen molar-refractivity contribution >= 4 is 28.6 Å². The Morgan fingerprint density at radius 3 is 1.41 bits per heavy atom. The largest absolute Gasteiger partial charge is 0.481 e. The van der Waals surface area contributed by atoms with Crippen LogP contribution in [0.1, 0.15) is 117 Å². The molecule has 0 saturated carbocycles. The molecule has 0 aromatic heterocycles. The molecule has 0 amide bonds. The number of carbonyl (C=O) groups is 2. The normalized spacial score (nSPS) is 15.5. The van der Waals surface area contributed by atoms with E-state index in [1.807, 2.05) is 6.55 Å². The minimum absolute atomic E-state index is 0.274. The van der Waals surface area contributed by atoms with Gasteiger partial charge in [-0.2, -0.15) is 0 Å². The molecule has 0 aliphatic carbocycles. The smallest absolute Gasteiger partial charge is 0.308 e. The van der Waals surface area contributed by atoms with E-state index in [0.717, 1.165) is 32.1 Å². The van der Waals surface area contributed by atoms with Gasteiger partial charge < -0.3 is 14.0 Å². The molecular weight excluding hydrogens is 460 g/mol. The van der Waals surface area contributed by atoms with E-state index in [1.54, 1.807) is 0 Å². The summed E-state index contributed by atoms with van der Waals surface area (Å²) in [5.41, 5.74) is -1.01. The Morgan fingerprint density at radius 2 is 1.06 bits per heavy atom. The fraction of sp³-hybridized carbons (Fsp3) is 0.926. The number of hydrogen-bond acceptors (Lipinski definition) is 4. The molecule has 0 spiro atoms. The summed E-state index contributed by atoms with van der Waals surface area (Å²) in [7, 11) is -3.61. The van der Waals surface area contributed by atoms with Gasteiger partial charge in [0, 0.05) is 0 Å². The second kappa shape index (κ2) is 18.6. The van der Waals surface area contributed by atoms with Gasteiger partial charge in [-0.1, -0.05) is 104 Å². The highest BCUT2D eigenvalue weighted by molar-refractivity contribution is 6.89. The lowest BCUT2D eigenvalue weighted by Crippen LogP contribution is -2.55. The third kappa shape index (κ3) is 14.0. The monoisotopic (exact) mass is 516 g/mol. The van der Waals surface area contributed by atoms with Crippen LogP contribution >= 0.6 is 0 Å². The Labute approximate surface area is 213 Å². The van der Waals surface area contributed by atoms with Crippen LogP contribution in [0.3, 0.4) is 0 Å². The van der Waals surface area contributed by atoms with Crippen LogP contribution in [0.4, 0.5) is 0 Å². The molecule has 0 heterocycles. The maximum atomic E-state index is 13.0. The van der Waals surface area contributed by atoms with Gasteiger partial charge in [-0.25, -0.2) is 0 Å². The second-order valence-corrected chi connectivity index (χ2v) is 20.0. The van der Waals surface area contributed by atoms with E-state index >= 15 is 0 Å². The van der Waals surface area contributed by atoms with Crippen LogP contribution in [0.15, 0.2) is 0 Å². The number of hydrogen-bond donors (Lipinski definition) is 1. The summed E-state index contributed by atoms with van der Waals surface area (Å²) >= 11 is 0. The lowest BCUT2D eigenvalue weighted by molar-refractivity contribution is -0.141. The highest BCUT2D eigenvalue weighted by Crippen LogP contribution is 2.43. The number of carboxylic acids is 1. The van der Waals surface area contributed by atoms with Gasteiger partial charge in [-0.05, 0) is 39.0 Å². The maximum Gasteiger partial charge on any atom is 0.308 e. The van der Waals surface area contributed by atoms with Crippen LogP contribution in [0.2, 0.25) is 37.3 Å². The highest BCUT2D eigenvalue weighted by atomic mass is 28.4. The minimum Gasteiger partial charge on any atom is -0.481 e. The molecule has 3 atom stereocenters. The molecule has 202 valence electrons. The van der Waals surface area contributed by atoms with Gasteiger partial charge >= 0.3 is 11.9 Å². The van der Waals surface area contributed by atoms with E-state index in [2.05, 4.69) is 33.5 Å². The van der Waals surface area contributed by atoms with E-state index in [9.17, 15) is 14.7 Å². The zero-order chi connectivity index (χ0) is 26.0. The second-order valence-electron chi connectivity index (χ2n) is 11.2. The first-order valence-electron chi connectivity index (χ1n) is 14.0. The first-order chi connectivity index (χ1) is 16.0. The number of unbranched alkanes of at least 4 members (excludes halogenated alkanes) is 12. The number of esters is 1. The molecule has 0 bridgehead atoms. The van der Waals surface area contributed by atoms with E-state index in [-0.39, 0.29) is 5.97 Å². The SMILES string of the molecule is CCCCCCCCCC(C(=O)O)[Si](C)(O[Si](C)(C)C)C(CCCCCCCCC)C(=O)OC. The van der Waals surface area contributed by atoms with Crippen molar-refractivity contribution in [2.24, 2.45) is 0 Å².